The van der Waals surface area contributed by atoms with Crippen LogP contribution < -0.4 is 16.4 Å². The number of nitrogens with one attached hydrogen (secondary N) is 2. The van der Waals surface area contributed by atoms with Crippen molar-refractivity contribution >= 4 is 11.9 Å². The highest BCUT2D eigenvalue weighted by molar-refractivity contribution is 5.96. The fourth-order valence-corrected chi connectivity index (χ4v) is 0.435. The van der Waals surface area contributed by atoms with Gasteiger partial charge in [-0.25, -0.2) is 4.79 Å². The highest BCUT2D eigenvalue weighted by Crippen LogP contribution is 1.74. The van der Waals surface area contributed by atoms with Gasteiger partial charge >= 0.3 is 6.03 Å². The maximum atomic E-state index is 10.8. The van der Waals surface area contributed by atoms with Crippen LogP contribution in [0.1, 0.15) is 6.92 Å². The number of nitrogens with two attached hydrogens (primary N) is 1. The van der Waals surface area contributed by atoms with Crippen molar-refractivity contribution < 1.29 is 9.59 Å². The van der Waals surface area contributed by atoms with E-state index < -0.39 is 18.0 Å². The summed E-state index contributed by atoms with van der Waals surface area (Å²) in [5.41, 5.74) is 5.20. The lowest BCUT2D eigenvalue weighted by atomic mass is 10.3. The molecule has 3 amide bonds. The van der Waals surface area contributed by atoms with Gasteiger partial charge in [0.25, 0.3) is 0 Å². The first kappa shape index (κ1) is 10.6. The first-order valence-corrected chi connectivity index (χ1v) is 3.53. The van der Waals surface area contributed by atoms with Crippen LogP contribution in [0.3, 0.4) is 0 Å². The molecule has 0 aromatic rings. The Morgan fingerprint density at radius 3 is 2.67 bits per heavy atom. The molecular weight excluding hydrogens is 158 g/mol. The van der Waals surface area contributed by atoms with Crippen LogP contribution >= 0.6 is 0 Å². The Labute approximate surface area is 71.0 Å². The molecule has 0 bridgehead atoms. The van der Waals surface area contributed by atoms with E-state index in [4.69, 9.17) is 5.73 Å². The maximum Gasteiger partial charge on any atom is 0.321 e. The number of amides is 3. The summed E-state index contributed by atoms with van der Waals surface area (Å²) < 4.78 is 0. The molecule has 0 radical (unpaired) electrons. The molecule has 0 fully saturated rings. The third-order valence-corrected chi connectivity index (χ3v) is 1.06. The highest BCUT2D eigenvalue weighted by atomic mass is 16.2. The zero-order valence-electron chi connectivity index (χ0n) is 6.96. The fourth-order valence-electron chi connectivity index (χ4n) is 0.435. The molecule has 0 rings (SSSR count). The van der Waals surface area contributed by atoms with Crippen LogP contribution in [0.15, 0.2) is 12.7 Å². The molecule has 5 heteroatoms. The second-order valence-corrected chi connectivity index (χ2v) is 2.28. The zero-order chi connectivity index (χ0) is 9.56. The molecule has 0 saturated heterocycles. The topological polar surface area (TPSA) is 84.2 Å². The quantitative estimate of drug-likeness (QED) is 0.493. The van der Waals surface area contributed by atoms with Crippen molar-refractivity contribution in [3.8, 4) is 0 Å². The molecule has 1 atom stereocenters. The average molecular weight is 171 g/mol. The van der Waals surface area contributed by atoms with E-state index in [1.807, 2.05) is 0 Å². The van der Waals surface area contributed by atoms with Gasteiger partial charge in [-0.05, 0) is 6.92 Å². The lowest BCUT2D eigenvalue weighted by Gasteiger charge is -2.06. The fraction of sp³-hybridized carbons (Fsp3) is 0.429. The van der Waals surface area contributed by atoms with Gasteiger partial charge in [-0.3, -0.25) is 10.1 Å². The van der Waals surface area contributed by atoms with Gasteiger partial charge < -0.3 is 11.1 Å². The Bertz CT molecular complexity index is 189. The summed E-state index contributed by atoms with van der Waals surface area (Å²) in [5, 5.41) is 4.43. The predicted molar refractivity (Wildman–Crippen MR) is 45.4 cm³/mol. The SMILES string of the molecule is C=CCNC(=O)NC(=O)C(C)N. The Morgan fingerprint density at radius 1 is 1.67 bits per heavy atom. The first-order chi connectivity index (χ1) is 5.57. The van der Waals surface area contributed by atoms with Crippen molar-refractivity contribution in [2.75, 3.05) is 6.54 Å². The summed E-state index contributed by atoms with van der Waals surface area (Å²) in [6.07, 6.45) is 1.51. The number of carbonyl (C=O) groups is 2. The van der Waals surface area contributed by atoms with Crippen LogP contribution in [0.2, 0.25) is 0 Å². The normalized spacial score (nSPS) is 11.5. The smallest absolute Gasteiger partial charge is 0.321 e. The van der Waals surface area contributed by atoms with Crippen molar-refractivity contribution in [2.45, 2.75) is 13.0 Å². The summed E-state index contributed by atoms with van der Waals surface area (Å²) in [7, 11) is 0. The van der Waals surface area contributed by atoms with Gasteiger partial charge in [-0.2, -0.15) is 0 Å². The lowest BCUT2D eigenvalue weighted by Crippen LogP contribution is -2.46. The molecule has 0 aromatic carbocycles. The third kappa shape index (κ3) is 4.45. The summed E-state index contributed by atoms with van der Waals surface area (Å²) in [5.74, 6) is -0.503. The number of imide groups is 1. The number of hydrogen-bond acceptors (Lipinski definition) is 3. The van der Waals surface area contributed by atoms with Crippen molar-refractivity contribution in [1.82, 2.24) is 10.6 Å². The van der Waals surface area contributed by atoms with Gasteiger partial charge in [0, 0.05) is 6.54 Å². The van der Waals surface area contributed by atoms with E-state index in [0.29, 0.717) is 6.54 Å². The van der Waals surface area contributed by atoms with Gasteiger partial charge in [0.15, 0.2) is 0 Å². The summed E-state index contributed by atoms with van der Waals surface area (Å²) in [4.78, 5) is 21.6. The van der Waals surface area contributed by atoms with Crippen LogP contribution in [0.25, 0.3) is 0 Å². The molecule has 0 aliphatic carbocycles. The summed E-state index contributed by atoms with van der Waals surface area (Å²) >= 11 is 0. The maximum absolute atomic E-state index is 10.8. The minimum atomic E-state index is -0.681. The molecule has 5 nitrogen and oxygen atoms in total. The van der Waals surface area contributed by atoms with Crippen molar-refractivity contribution in [2.24, 2.45) is 5.73 Å². The minimum absolute atomic E-state index is 0.318. The van der Waals surface area contributed by atoms with Crippen molar-refractivity contribution in [3.63, 3.8) is 0 Å². The van der Waals surface area contributed by atoms with Gasteiger partial charge in [-0.15, -0.1) is 6.58 Å². The molecule has 1 unspecified atom stereocenters. The molecule has 12 heavy (non-hydrogen) atoms. The molecule has 0 aromatic heterocycles. The largest absolute Gasteiger partial charge is 0.334 e. The standard InChI is InChI=1S/C7H13N3O2/c1-3-4-9-7(12)10-6(11)5(2)8/h3,5H,1,4,8H2,2H3,(H2,9,10,11,12). The Kier molecular flexibility index (Phi) is 4.71. The van der Waals surface area contributed by atoms with E-state index in [9.17, 15) is 9.59 Å². The second kappa shape index (κ2) is 5.31. The number of urea groups is 1. The van der Waals surface area contributed by atoms with E-state index >= 15 is 0 Å². The summed E-state index contributed by atoms with van der Waals surface area (Å²) in [6.45, 7) is 5.21. The molecule has 0 aliphatic heterocycles. The Balaban J connectivity index is 3.69. The molecule has 0 aliphatic rings. The van der Waals surface area contributed by atoms with E-state index in [2.05, 4.69) is 17.2 Å². The second-order valence-electron chi connectivity index (χ2n) is 2.28. The molecule has 0 saturated carbocycles. The van der Waals surface area contributed by atoms with Crippen molar-refractivity contribution in [3.05, 3.63) is 12.7 Å². The van der Waals surface area contributed by atoms with Gasteiger partial charge in [-0.1, -0.05) is 6.08 Å². The Morgan fingerprint density at radius 2 is 2.25 bits per heavy atom. The van der Waals surface area contributed by atoms with E-state index in [-0.39, 0.29) is 0 Å². The first-order valence-electron chi connectivity index (χ1n) is 3.53. The van der Waals surface area contributed by atoms with Crippen LogP contribution in [0.5, 0.6) is 0 Å². The lowest BCUT2D eigenvalue weighted by molar-refractivity contribution is -0.120. The van der Waals surface area contributed by atoms with Crippen LogP contribution in [0, 0.1) is 0 Å². The van der Waals surface area contributed by atoms with Gasteiger partial charge in [0.05, 0.1) is 6.04 Å². The molecule has 4 N–H and O–H groups in total. The number of hydrogen-bond donors (Lipinski definition) is 3. The average Bonchev–Trinajstić information content (AvgIpc) is 2.00. The number of carbonyl (C=O) groups excluding carboxylic acids is 2. The van der Waals surface area contributed by atoms with E-state index in [0.717, 1.165) is 0 Å². The van der Waals surface area contributed by atoms with Crippen molar-refractivity contribution in [1.29, 1.82) is 0 Å². The van der Waals surface area contributed by atoms with Gasteiger partial charge in [0.2, 0.25) is 5.91 Å². The Hall–Kier alpha value is -1.36. The number of rotatable bonds is 3. The molecule has 0 heterocycles. The highest BCUT2D eigenvalue weighted by Gasteiger charge is 2.09. The third-order valence-electron chi connectivity index (χ3n) is 1.06. The molecule has 68 valence electrons. The van der Waals surface area contributed by atoms with Crippen LogP contribution in [0.4, 0.5) is 4.79 Å². The van der Waals surface area contributed by atoms with Crippen LogP contribution in [-0.4, -0.2) is 24.5 Å². The molecular formula is C7H13N3O2. The van der Waals surface area contributed by atoms with Crippen LogP contribution in [-0.2, 0) is 4.79 Å². The van der Waals surface area contributed by atoms with Gasteiger partial charge in [0.1, 0.15) is 0 Å². The molecule has 0 spiro atoms. The minimum Gasteiger partial charge on any atom is -0.334 e. The zero-order valence-corrected chi connectivity index (χ0v) is 6.96. The predicted octanol–water partition coefficient (Wildman–Crippen LogP) is -0.655. The van der Waals surface area contributed by atoms with E-state index in [1.165, 1.54) is 13.0 Å². The summed E-state index contributed by atoms with van der Waals surface area (Å²) in [6, 6.07) is -1.24. The monoisotopic (exact) mass is 171 g/mol. The van der Waals surface area contributed by atoms with E-state index in [1.54, 1.807) is 0 Å².